The number of carbonyl (C=O) groups excluding carboxylic acids is 2. The summed E-state index contributed by atoms with van der Waals surface area (Å²) in [6.45, 7) is 1.59. The second-order valence-corrected chi connectivity index (χ2v) is 4.20. The van der Waals surface area contributed by atoms with Gasteiger partial charge in [0.25, 0.3) is 5.91 Å². The summed E-state index contributed by atoms with van der Waals surface area (Å²) in [6.07, 6.45) is 0. The summed E-state index contributed by atoms with van der Waals surface area (Å²) in [4.78, 5) is 24.8. The van der Waals surface area contributed by atoms with Gasteiger partial charge in [-0.1, -0.05) is 0 Å². The summed E-state index contributed by atoms with van der Waals surface area (Å²) in [6, 6.07) is 3.55. The Morgan fingerprint density at radius 3 is 2.50 bits per heavy atom. The number of anilines is 1. The summed E-state index contributed by atoms with van der Waals surface area (Å²) >= 11 is 0. The van der Waals surface area contributed by atoms with Crippen LogP contribution in [0.25, 0.3) is 0 Å². The van der Waals surface area contributed by atoms with E-state index in [-0.39, 0.29) is 22.9 Å². The lowest BCUT2D eigenvalue weighted by molar-refractivity contribution is -0.130. The van der Waals surface area contributed by atoms with Crippen molar-refractivity contribution < 1.29 is 14.7 Å². The topological polar surface area (TPSA) is 95.7 Å². The molecule has 0 spiro atoms. The number of nitrogens with one attached hydrogen (secondary N) is 1. The highest BCUT2D eigenvalue weighted by atomic mass is 16.3. The number of hydrogen-bond donors (Lipinski definition) is 3. The van der Waals surface area contributed by atoms with Crippen molar-refractivity contribution in [2.24, 2.45) is 0 Å². The second kappa shape index (κ2) is 5.39. The van der Waals surface area contributed by atoms with Crippen LogP contribution in [0.15, 0.2) is 18.2 Å². The van der Waals surface area contributed by atoms with Crippen LogP contribution in [-0.2, 0) is 4.79 Å². The van der Waals surface area contributed by atoms with Crippen molar-refractivity contribution in [3.8, 4) is 5.75 Å². The zero-order chi connectivity index (χ0) is 13.9. The minimum absolute atomic E-state index is 0.158. The number of nitrogen functional groups attached to an aromatic ring is 1. The molecule has 0 aliphatic rings. The molecule has 6 nitrogen and oxygen atoms in total. The molecule has 0 radical (unpaired) electrons. The summed E-state index contributed by atoms with van der Waals surface area (Å²) in [5, 5.41) is 11.9. The fourth-order valence-corrected chi connectivity index (χ4v) is 1.41. The van der Waals surface area contributed by atoms with Crippen LogP contribution in [0, 0.1) is 0 Å². The van der Waals surface area contributed by atoms with Crippen molar-refractivity contribution in [1.29, 1.82) is 0 Å². The van der Waals surface area contributed by atoms with E-state index >= 15 is 0 Å². The Morgan fingerprint density at radius 2 is 2.00 bits per heavy atom. The largest absolute Gasteiger partial charge is 0.506 e. The molecule has 0 aliphatic heterocycles. The highest BCUT2D eigenvalue weighted by Gasteiger charge is 2.18. The highest BCUT2D eigenvalue weighted by molar-refractivity contribution is 5.98. The van der Waals surface area contributed by atoms with Crippen molar-refractivity contribution >= 4 is 17.5 Å². The van der Waals surface area contributed by atoms with E-state index in [0.717, 1.165) is 0 Å². The van der Waals surface area contributed by atoms with Gasteiger partial charge >= 0.3 is 0 Å². The smallest absolute Gasteiger partial charge is 0.252 e. The number of phenolic OH excluding ortho intramolecular Hbond substituents is 1. The molecule has 6 heteroatoms. The van der Waals surface area contributed by atoms with Gasteiger partial charge in [0, 0.05) is 19.7 Å². The first-order valence-electron chi connectivity index (χ1n) is 5.43. The third-order valence-corrected chi connectivity index (χ3v) is 2.45. The Bertz CT molecular complexity index is 472. The molecular weight excluding hydrogens is 234 g/mol. The number of amides is 2. The molecule has 18 heavy (non-hydrogen) atoms. The number of benzene rings is 1. The number of rotatable bonds is 3. The van der Waals surface area contributed by atoms with Gasteiger partial charge in [0.15, 0.2) is 0 Å². The number of nitrogens with zero attached hydrogens (tertiary/aromatic N) is 1. The minimum atomic E-state index is -0.632. The Labute approximate surface area is 105 Å². The van der Waals surface area contributed by atoms with Crippen molar-refractivity contribution in [1.82, 2.24) is 10.2 Å². The van der Waals surface area contributed by atoms with Crippen molar-refractivity contribution in [2.75, 3.05) is 19.8 Å². The van der Waals surface area contributed by atoms with Crippen LogP contribution in [-0.4, -0.2) is 42.0 Å². The summed E-state index contributed by atoms with van der Waals surface area (Å²) in [7, 11) is 3.22. The average Bonchev–Trinajstić information content (AvgIpc) is 2.31. The molecule has 0 aliphatic carbocycles. The molecular formula is C12H17N3O3. The van der Waals surface area contributed by atoms with E-state index in [1.165, 1.54) is 23.1 Å². The zero-order valence-corrected chi connectivity index (χ0v) is 10.6. The molecule has 0 heterocycles. The van der Waals surface area contributed by atoms with Gasteiger partial charge in [-0.15, -0.1) is 0 Å². The number of phenols is 1. The second-order valence-electron chi connectivity index (χ2n) is 4.20. The van der Waals surface area contributed by atoms with Crippen LogP contribution in [0.1, 0.15) is 17.3 Å². The fraction of sp³-hybridized carbons (Fsp3) is 0.333. The molecule has 1 aromatic rings. The maximum absolute atomic E-state index is 11.8. The van der Waals surface area contributed by atoms with E-state index < -0.39 is 11.9 Å². The van der Waals surface area contributed by atoms with Crippen LogP contribution < -0.4 is 11.1 Å². The van der Waals surface area contributed by atoms with Gasteiger partial charge in [-0.3, -0.25) is 9.59 Å². The molecule has 1 atom stereocenters. The van der Waals surface area contributed by atoms with E-state index in [2.05, 4.69) is 5.32 Å². The van der Waals surface area contributed by atoms with Crippen LogP contribution in [0.2, 0.25) is 0 Å². The molecule has 0 fully saturated rings. The monoisotopic (exact) mass is 251 g/mol. The maximum Gasteiger partial charge on any atom is 0.252 e. The van der Waals surface area contributed by atoms with Crippen molar-refractivity contribution in [3.63, 3.8) is 0 Å². The van der Waals surface area contributed by atoms with Gasteiger partial charge in [0.2, 0.25) is 5.91 Å². The maximum atomic E-state index is 11.8. The summed E-state index contributed by atoms with van der Waals surface area (Å²) in [5.74, 6) is -0.801. The quantitative estimate of drug-likeness (QED) is 0.527. The van der Waals surface area contributed by atoms with Crippen molar-refractivity contribution in [2.45, 2.75) is 13.0 Å². The van der Waals surface area contributed by atoms with Gasteiger partial charge in [-0.2, -0.15) is 0 Å². The van der Waals surface area contributed by atoms with Crippen LogP contribution >= 0.6 is 0 Å². The Balaban J connectivity index is 2.76. The summed E-state index contributed by atoms with van der Waals surface area (Å²) < 4.78 is 0. The highest BCUT2D eigenvalue weighted by Crippen LogP contribution is 2.20. The molecule has 1 rings (SSSR count). The normalized spacial score (nSPS) is 11.7. The van der Waals surface area contributed by atoms with Crippen LogP contribution in [0.3, 0.4) is 0 Å². The molecule has 98 valence electrons. The average molecular weight is 251 g/mol. The lowest BCUT2D eigenvalue weighted by atomic mass is 10.1. The van der Waals surface area contributed by atoms with E-state index in [1.807, 2.05) is 0 Å². The molecule has 1 unspecified atom stereocenters. The fourth-order valence-electron chi connectivity index (χ4n) is 1.41. The molecule has 0 bridgehead atoms. The Morgan fingerprint density at radius 1 is 1.39 bits per heavy atom. The third kappa shape index (κ3) is 3.13. The van der Waals surface area contributed by atoms with Gasteiger partial charge in [-0.25, -0.2) is 0 Å². The molecule has 0 saturated carbocycles. The summed E-state index contributed by atoms with van der Waals surface area (Å²) in [5.41, 5.74) is 5.88. The number of likely N-dealkylation sites (N-methyl/N-ethyl adjacent to an activating group) is 1. The van der Waals surface area contributed by atoms with E-state index in [4.69, 9.17) is 5.73 Å². The van der Waals surface area contributed by atoms with E-state index in [1.54, 1.807) is 21.0 Å². The standard InChI is InChI=1S/C12H17N3O3/c1-7(12(18)15(2)3)14-11(17)8-4-5-9(13)10(16)6-8/h4-7,16H,13H2,1-3H3,(H,14,17). The van der Waals surface area contributed by atoms with Gasteiger partial charge in [-0.05, 0) is 25.1 Å². The van der Waals surface area contributed by atoms with Gasteiger partial charge < -0.3 is 21.1 Å². The zero-order valence-electron chi connectivity index (χ0n) is 10.6. The SMILES string of the molecule is CC(NC(=O)c1ccc(N)c(O)c1)C(=O)N(C)C. The molecule has 0 saturated heterocycles. The third-order valence-electron chi connectivity index (χ3n) is 2.45. The molecule has 2 amide bonds. The first kappa shape index (κ1) is 13.8. The van der Waals surface area contributed by atoms with E-state index in [0.29, 0.717) is 0 Å². The number of hydrogen-bond acceptors (Lipinski definition) is 4. The van der Waals surface area contributed by atoms with E-state index in [9.17, 15) is 14.7 Å². The van der Waals surface area contributed by atoms with Gasteiger partial charge in [0.05, 0.1) is 5.69 Å². The first-order chi connectivity index (χ1) is 8.32. The number of nitrogens with two attached hydrogens (primary N) is 1. The minimum Gasteiger partial charge on any atom is -0.506 e. The molecule has 4 N–H and O–H groups in total. The lowest BCUT2D eigenvalue weighted by Crippen LogP contribution is -2.44. The number of aromatic hydroxyl groups is 1. The van der Waals surface area contributed by atoms with Crippen molar-refractivity contribution in [3.05, 3.63) is 23.8 Å². The number of carbonyl (C=O) groups is 2. The molecule has 1 aromatic carbocycles. The Kier molecular flexibility index (Phi) is 4.14. The van der Waals surface area contributed by atoms with Crippen LogP contribution in [0.5, 0.6) is 5.75 Å². The molecule has 0 aromatic heterocycles. The van der Waals surface area contributed by atoms with Crippen LogP contribution in [0.4, 0.5) is 5.69 Å². The predicted molar refractivity (Wildman–Crippen MR) is 68.1 cm³/mol. The predicted octanol–water partition coefficient (Wildman–Crippen LogP) is 0.181. The first-order valence-corrected chi connectivity index (χ1v) is 5.43. The Hall–Kier alpha value is -2.24. The lowest BCUT2D eigenvalue weighted by Gasteiger charge is -2.18. The van der Waals surface area contributed by atoms with Gasteiger partial charge in [0.1, 0.15) is 11.8 Å².